The number of H-pyrrole nitrogens is 1. The molecule has 1 N–H and O–H groups in total. The summed E-state index contributed by atoms with van der Waals surface area (Å²) >= 11 is 0. The van der Waals surface area contributed by atoms with Gasteiger partial charge in [0.2, 0.25) is 5.82 Å². The molecule has 2 heterocycles. The van der Waals surface area contributed by atoms with Crippen molar-refractivity contribution in [3.8, 4) is 0 Å². The number of carbonyl (C=O) groups excluding carboxylic acids is 1. The molecule has 1 unspecified atom stereocenters. The second kappa shape index (κ2) is 4.13. The lowest BCUT2D eigenvalue weighted by Gasteiger charge is -2.26. The first-order valence-corrected chi connectivity index (χ1v) is 6.06. The second-order valence-electron chi connectivity index (χ2n) is 5.85. The Labute approximate surface area is 102 Å². The fourth-order valence-corrected chi connectivity index (χ4v) is 2.23. The minimum Gasteiger partial charge on any atom is -0.336 e. The molecule has 1 amide bonds. The lowest BCUT2D eigenvalue weighted by Crippen LogP contribution is -2.31. The summed E-state index contributed by atoms with van der Waals surface area (Å²) in [7, 11) is 0. The van der Waals surface area contributed by atoms with Gasteiger partial charge in [-0.05, 0) is 24.7 Å². The largest absolute Gasteiger partial charge is 0.336 e. The predicted molar refractivity (Wildman–Crippen MR) is 64.6 cm³/mol. The molecule has 0 aromatic carbocycles. The summed E-state index contributed by atoms with van der Waals surface area (Å²) in [4.78, 5) is 18.1. The maximum absolute atomic E-state index is 12.1. The van der Waals surface area contributed by atoms with Gasteiger partial charge in [0.25, 0.3) is 5.91 Å². The van der Waals surface area contributed by atoms with Gasteiger partial charge in [-0.15, -0.1) is 5.10 Å². The summed E-state index contributed by atoms with van der Waals surface area (Å²) in [5.74, 6) is 1.48. The van der Waals surface area contributed by atoms with Crippen molar-refractivity contribution in [3.05, 3.63) is 11.6 Å². The normalized spacial score (nSPS) is 20.9. The summed E-state index contributed by atoms with van der Waals surface area (Å²) < 4.78 is 0. The molecule has 5 heteroatoms. The van der Waals surface area contributed by atoms with Gasteiger partial charge in [-0.1, -0.05) is 20.8 Å². The molecule has 0 radical (unpaired) electrons. The number of likely N-dealkylation sites (tertiary alicyclic amines) is 1. The Hall–Kier alpha value is -1.39. The number of aromatic amines is 1. The molecule has 5 nitrogen and oxygen atoms in total. The van der Waals surface area contributed by atoms with Crippen molar-refractivity contribution in [1.29, 1.82) is 0 Å². The molecular formula is C12H20N4O. The molecule has 0 aliphatic carbocycles. The molecule has 0 saturated carbocycles. The number of aromatic nitrogens is 3. The van der Waals surface area contributed by atoms with E-state index in [9.17, 15) is 4.79 Å². The van der Waals surface area contributed by atoms with Crippen LogP contribution in [0.4, 0.5) is 0 Å². The summed E-state index contributed by atoms with van der Waals surface area (Å²) in [6.45, 7) is 10.1. The summed E-state index contributed by atoms with van der Waals surface area (Å²) in [6.07, 6.45) is 1.07. The van der Waals surface area contributed by atoms with Crippen molar-refractivity contribution in [2.24, 2.45) is 11.3 Å². The zero-order valence-electron chi connectivity index (χ0n) is 10.9. The Morgan fingerprint density at radius 2 is 2.18 bits per heavy atom. The molecule has 94 valence electrons. The van der Waals surface area contributed by atoms with Gasteiger partial charge in [-0.25, -0.2) is 4.98 Å². The predicted octanol–water partition coefficient (Wildman–Crippen LogP) is 1.62. The molecule has 0 spiro atoms. The fraction of sp³-hybridized carbons (Fsp3) is 0.750. The third-order valence-electron chi connectivity index (χ3n) is 3.49. The zero-order chi connectivity index (χ0) is 12.6. The van der Waals surface area contributed by atoms with Crippen molar-refractivity contribution in [1.82, 2.24) is 20.1 Å². The first kappa shape index (κ1) is 12.1. The van der Waals surface area contributed by atoms with Crippen LogP contribution in [0.3, 0.4) is 0 Å². The highest BCUT2D eigenvalue weighted by atomic mass is 16.2. The van der Waals surface area contributed by atoms with Gasteiger partial charge < -0.3 is 4.90 Å². The molecule has 1 atom stereocenters. The maximum atomic E-state index is 12.1. The van der Waals surface area contributed by atoms with Crippen LogP contribution in [0.1, 0.15) is 43.6 Å². The van der Waals surface area contributed by atoms with Crippen LogP contribution >= 0.6 is 0 Å². The molecule has 1 fully saturated rings. The average molecular weight is 236 g/mol. The molecule has 17 heavy (non-hydrogen) atoms. The van der Waals surface area contributed by atoms with E-state index in [1.165, 1.54) is 0 Å². The Balaban J connectivity index is 2.04. The number of hydrogen-bond donors (Lipinski definition) is 1. The van der Waals surface area contributed by atoms with Crippen molar-refractivity contribution < 1.29 is 4.79 Å². The lowest BCUT2D eigenvalue weighted by atomic mass is 9.80. The molecule has 2 rings (SSSR count). The van der Waals surface area contributed by atoms with Crippen LogP contribution in [0.25, 0.3) is 0 Å². The van der Waals surface area contributed by atoms with E-state index in [0.29, 0.717) is 11.7 Å². The number of carbonyl (C=O) groups is 1. The number of nitrogens with zero attached hydrogens (tertiary/aromatic N) is 3. The first-order valence-electron chi connectivity index (χ1n) is 6.06. The SMILES string of the molecule is Cc1nc(C(=O)N2CCC(C(C)(C)C)C2)n[nH]1. The quantitative estimate of drug-likeness (QED) is 0.806. The zero-order valence-corrected chi connectivity index (χ0v) is 10.9. The fourth-order valence-electron chi connectivity index (χ4n) is 2.23. The van der Waals surface area contributed by atoms with Gasteiger partial charge in [-0.2, -0.15) is 0 Å². The van der Waals surface area contributed by atoms with Crippen LogP contribution in [0.5, 0.6) is 0 Å². The van der Waals surface area contributed by atoms with E-state index in [0.717, 1.165) is 19.5 Å². The monoisotopic (exact) mass is 236 g/mol. The number of aryl methyl sites for hydroxylation is 1. The van der Waals surface area contributed by atoms with Crippen LogP contribution in [0.15, 0.2) is 0 Å². The van der Waals surface area contributed by atoms with Gasteiger partial charge in [0.05, 0.1) is 0 Å². The van der Waals surface area contributed by atoms with Crippen LogP contribution in [-0.2, 0) is 0 Å². The van der Waals surface area contributed by atoms with Gasteiger partial charge in [0, 0.05) is 13.1 Å². The van der Waals surface area contributed by atoms with E-state index >= 15 is 0 Å². The minimum absolute atomic E-state index is 0.0545. The highest BCUT2D eigenvalue weighted by Crippen LogP contribution is 2.33. The standard InChI is InChI=1S/C12H20N4O/c1-8-13-10(15-14-8)11(17)16-6-5-9(7-16)12(2,3)4/h9H,5-7H2,1-4H3,(H,13,14,15). The van der Waals surface area contributed by atoms with Crippen LogP contribution in [-0.4, -0.2) is 39.1 Å². The number of rotatable bonds is 1. The minimum atomic E-state index is -0.0545. The number of nitrogens with one attached hydrogen (secondary N) is 1. The summed E-state index contributed by atoms with van der Waals surface area (Å²) in [6, 6.07) is 0. The smallest absolute Gasteiger partial charge is 0.293 e. The molecule has 1 aromatic rings. The van der Waals surface area contributed by atoms with Crippen molar-refractivity contribution in [2.75, 3.05) is 13.1 Å². The number of hydrogen-bond acceptors (Lipinski definition) is 3. The maximum Gasteiger partial charge on any atom is 0.293 e. The van der Waals surface area contributed by atoms with Gasteiger partial charge in [-0.3, -0.25) is 9.89 Å². The topological polar surface area (TPSA) is 61.9 Å². The lowest BCUT2D eigenvalue weighted by molar-refractivity contribution is 0.0765. The average Bonchev–Trinajstić information content (AvgIpc) is 2.83. The summed E-state index contributed by atoms with van der Waals surface area (Å²) in [5.41, 5.74) is 0.254. The van der Waals surface area contributed by atoms with Crippen LogP contribution < -0.4 is 0 Å². The molecule has 1 aliphatic heterocycles. The Kier molecular flexibility index (Phi) is 2.93. The second-order valence-corrected chi connectivity index (χ2v) is 5.85. The molecule has 0 bridgehead atoms. The Morgan fingerprint density at radius 3 is 2.65 bits per heavy atom. The van der Waals surface area contributed by atoms with E-state index < -0.39 is 0 Å². The molecule has 1 aliphatic rings. The van der Waals surface area contributed by atoms with Crippen LogP contribution in [0.2, 0.25) is 0 Å². The Morgan fingerprint density at radius 1 is 1.47 bits per heavy atom. The van der Waals surface area contributed by atoms with E-state index in [1.807, 2.05) is 4.90 Å². The van der Waals surface area contributed by atoms with E-state index in [2.05, 4.69) is 36.0 Å². The number of amides is 1. The van der Waals surface area contributed by atoms with E-state index in [-0.39, 0.29) is 17.1 Å². The summed E-state index contributed by atoms with van der Waals surface area (Å²) in [5, 5.41) is 6.63. The third kappa shape index (κ3) is 2.48. The molecular weight excluding hydrogens is 216 g/mol. The van der Waals surface area contributed by atoms with Gasteiger partial charge >= 0.3 is 0 Å². The van der Waals surface area contributed by atoms with Crippen molar-refractivity contribution in [3.63, 3.8) is 0 Å². The third-order valence-corrected chi connectivity index (χ3v) is 3.49. The van der Waals surface area contributed by atoms with Gasteiger partial charge in [0.15, 0.2) is 0 Å². The highest BCUT2D eigenvalue weighted by Gasteiger charge is 2.35. The highest BCUT2D eigenvalue weighted by molar-refractivity contribution is 5.90. The molecule has 1 saturated heterocycles. The van der Waals surface area contributed by atoms with Crippen LogP contribution in [0, 0.1) is 18.3 Å². The van der Waals surface area contributed by atoms with Crippen molar-refractivity contribution in [2.45, 2.75) is 34.1 Å². The van der Waals surface area contributed by atoms with Gasteiger partial charge in [0.1, 0.15) is 5.82 Å². The Bertz CT molecular complexity index is 418. The van der Waals surface area contributed by atoms with E-state index in [1.54, 1.807) is 6.92 Å². The molecule has 1 aromatic heterocycles. The van der Waals surface area contributed by atoms with Crippen molar-refractivity contribution >= 4 is 5.91 Å². The van der Waals surface area contributed by atoms with E-state index in [4.69, 9.17) is 0 Å². The first-order chi connectivity index (χ1) is 7.88.